The van der Waals surface area contributed by atoms with E-state index in [1.54, 1.807) is 36.4 Å². The molecule has 0 bridgehead atoms. The molecule has 8 heteroatoms. The summed E-state index contributed by atoms with van der Waals surface area (Å²) in [6.07, 6.45) is 0. The zero-order valence-electron chi connectivity index (χ0n) is 13.0. The van der Waals surface area contributed by atoms with Crippen molar-refractivity contribution in [1.29, 1.82) is 0 Å². The number of hydrogen-bond donors (Lipinski definition) is 1. The van der Waals surface area contributed by atoms with Crippen molar-refractivity contribution in [3.05, 3.63) is 58.1 Å². The number of para-hydroxylation sites is 2. The highest BCUT2D eigenvalue weighted by Gasteiger charge is 2.14. The molecule has 0 aromatic heterocycles. The first-order valence-corrected chi connectivity index (χ1v) is 7.98. The van der Waals surface area contributed by atoms with E-state index in [2.05, 4.69) is 0 Å². The van der Waals surface area contributed by atoms with Crippen molar-refractivity contribution >= 4 is 35.1 Å². The fourth-order valence-corrected chi connectivity index (χ4v) is 2.39. The highest BCUT2D eigenvalue weighted by atomic mass is 35.5. The van der Waals surface area contributed by atoms with Crippen LogP contribution in [-0.4, -0.2) is 31.7 Å². The maximum absolute atomic E-state index is 12.1. The number of amides is 1. The maximum Gasteiger partial charge on any atom is 0.342 e. The molecule has 2 aromatic carbocycles. The lowest BCUT2D eigenvalue weighted by Gasteiger charge is -2.12. The molecule has 0 aliphatic heterocycles. The number of carbonyl (C=O) groups is 2. The number of rotatable bonds is 8. The van der Waals surface area contributed by atoms with Gasteiger partial charge in [-0.25, -0.2) is 4.79 Å². The topological polar surface area (TPSA) is 87.9 Å². The smallest absolute Gasteiger partial charge is 0.342 e. The predicted octanol–water partition coefficient (Wildman–Crippen LogP) is 3.09. The minimum absolute atomic E-state index is 0.0233. The zero-order chi connectivity index (χ0) is 18.2. The Morgan fingerprint density at radius 3 is 2.28 bits per heavy atom. The summed E-state index contributed by atoms with van der Waals surface area (Å²) in [5.74, 6) is -0.726. The number of hydrogen-bond acceptors (Lipinski definition) is 5. The van der Waals surface area contributed by atoms with Crippen LogP contribution in [0, 0.1) is 0 Å². The summed E-state index contributed by atoms with van der Waals surface area (Å²) < 4.78 is 15.7. The van der Waals surface area contributed by atoms with Crippen LogP contribution in [0.15, 0.2) is 42.5 Å². The molecular formula is C17H15Cl2NO5. The van der Waals surface area contributed by atoms with Gasteiger partial charge in [-0.05, 0) is 24.3 Å². The lowest BCUT2D eigenvalue weighted by atomic mass is 10.2. The third kappa shape index (κ3) is 5.55. The van der Waals surface area contributed by atoms with Crippen LogP contribution in [0.5, 0.6) is 11.5 Å². The van der Waals surface area contributed by atoms with E-state index >= 15 is 0 Å². The van der Waals surface area contributed by atoms with Gasteiger partial charge in [0, 0.05) is 0 Å². The number of ether oxygens (including phenoxy) is 3. The minimum Gasteiger partial charge on any atom is -0.487 e. The molecule has 2 N–H and O–H groups in total. The molecule has 25 heavy (non-hydrogen) atoms. The molecule has 1 amide bonds. The van der Waals surface area contributed by atoms with Crippen LogP contribution >= 0.6 is 23.2 Å². The lowest BCUT2D eigenvalue weighted by molar-refractivity contribution is -0.119. The minimum atomic E-state index is -0.645. The van der Waals surface area contributed by atoms with Gasteiger partial charge in [0.15, 0.2) is 12.4 Å². The van der Waals surface area contributed by atoms with Crippen LogP contribution in [-0.2, 0) is 9.53 Å². The lowest BCUT2D eigenvalue weighted by Crippen LogP contribution is -2.21. The van der Waals surface area contributed by atoms with Crippen molar-refractivity contribution in [2.75, 3.05) is 19.8 Å². The quantitative estimate of drug-likeness (QED) is 0.558. The molecule has 2 aromatic rings. The normalized spacial score (nSPS) is 10.2. The van der Waals surface area contributed by atoms with Crippen molar-refractivity contribution in [3.8, 4) is 11.5 Å². The van der Waals surface area contributed by atoms with Gasteiger partial charge in [-0.2, -0.15) is 0 Å². The molecule has 0 unspecified atom stereocenters. The van der Waals surface area contributed by atoms with Gasteiger partial charge in [0.25, 0.3) is 5.91 Å². The molecule has 0 radical (unpaired) electrons. The molecule has 0 heterocycles. The first-order valence-electron chi connectivity index (χ1n) is 7.23. The average molecular weight is 384 g/mol. The summed E-state index contributed by atoms with van der Waals surface area (Å²) in [7, 11) is 0. The second kappa shape index (κ2) is 9.15. The van der Waals surface area contributed by atoms with Crippen molar-refractivity contribution in [2.45, 2.75) is 0 Å². The van der Waals surface area contributed by atoms with Crippen molar-refractivity contribution in [3.63, 3.8) is 0 Å². The molecule has 2 rings (SSSR count). The van der Waals surface area contributed by atoms with Crippen LogP contribution in [0.4, 0.5) is 0 Å². The largest absolute Gasteiger partial charge is 0.487 e. The summed E-state index contributed by atoms with van der Waals surface area (Å²) in [6, 6.07) is 11.3. The van der Waals surface area contributed by atoms with Crippen LogP contribution in [0.25, 0.3) is 0 Å². The van der Waals surface area contributed by atoms with Gasteiger partial charge in [-0.3, -0.25) is 4.79 Å². The van der Waals surface area contributed by atoms with Crippen LogP contribution in [0.1, 0.15) is 10.4 Å². The summed E-state index contributed by atoms with van der Waals surface area (Å²) in [6.45, 7) is -0.289. The van der Waals surface area contributed by atoms with Gasteiger partial charge in [-0.1, -0.05) is 41.4 Å². The fraction of sp³-hybridized carbons (Fsp3) is 0.176. The third-order valence-electron chi connectivity index (χ3n) is 2.96. The molecule has 0 fully saturated rings. The molecule has 0 aliphatic carbocycles. The molecular weight excluding hydrogens is 369 g/mol. The van der Waals surface area contributed by atoms with E-state index in [0.717, 1.165) is 0 Å². The highest BCUT2D eigenvalue weighted by molar-refractivity contribution is 6.37. The van der Waals surface area contributed by atoms with E-state index in [-0.39, 0.29) is 31.1 Å². The molecule has 132 valence electrons. The maximum atomic E-state index is 12.1. The molecule has 0 spiro atoms. The average Bonchev–Trinajstić information content (AvgIpc) is 2.59. The van der Waals surface area contributed by atoms with Crippen molar-refractivity contribution in [2.24, 2.45) is 5.73 Å². The molecule has 0 aliphatic rings. The van der Waals surface area contributed by atoms with Crippen molar-refractivity contribution in [1.82, 2.24) is 0 Å². The van der Waals surface area contributed by atoms with Gasteiger partial charge in [-0.15, -0.1) is 0 Å². The second-order valence-corrected chi connectivity index (χ2v) is 5.60. The Kier molecular flexibility index (Phi) is 6.91. The van der Waals surface area contributed by atoms with E-state index < -0.39 is 11.9 Å². The van der Waals surface area contributed by atoms with Gasteiger partial charge in [0.05, 0.1) is 10.0 Å². The van der Waals surface area contributed by atoms with Crippen LogP contribution < -0.4 is 15.2 Å². The van der Waals surface area contributed by atoms with Crippen LogP contribution in [0.2, 0.25) is 10.0 Å². The Labute approximate surface area is 154 Å². The van der Waals surface area contributed by atoms with E-state index in [9.17, 15) is 9.59 Å². The molecule has 0 atom stereocenters. The summed E-state index contributed by atoms with van der Waals surface area (Å²) in [5.41, 5.74) is 5.21. The Morgan fingerprint density at radius 2 is 1.60 bits per heavy atom. The predicted molar refractivity (Wildman–Crippen MR) is 93.4 cm³/mol. The fourth-order valence-electron chi connectivity index (χ4n) is 1.89. The van der Waals surface area contributed by atoms with Gasteiger partial charge in [0.2, 0.25) is 0 Å². The Balaban J connectivity index is 1.89. The SMILES string of the molecule is NC(=O)COc1ccccc1C(=O)OCCOc1c(Cl)cccc1Cl. The third-order valence-corrected chi connectivity index (χ3v) is 3.55. The summed E-state index contributed by atoms with van der Waals surface area (Å²) in [5, 5.41) is 0.730. The molecule has 6 nitrogen and oxygen atoms in total. The second-order valence-electron chi connectivity index (χ2n) is 4.79. The zero-order valence-corrected chi connectivity index (χ0v) is 14.5. The monoisotopic (exact) mass is 383 g/mol. The van der Waals surface area contributed by atoms with Gasteiger partial charge in [0.1, 0.15) is 24.5 Å². The van der Waals surface area contributed by atoms with Gasteiger partial charge < -0.3 is 19.9 Å². The van der Waals surface area contributed by atoms with Crippen molar-refractivity contribution < 1.29 is 23.8 Å². The van der Waals surface area contributed by atoms with E-state index in [4.69, 9.17) is 43.1 Å². The number of nitrogens with two attached hydrogens (primary N) is 1. The summed E-state index contributed by atoms with van der Waals surface area (Å²) >= 11 is 12.0. The number of carbonyl (C=O) groups excluding carboxylic acids is 2. The Hall–Kier alpha value is -2.44. The van der Waals surface area contributed by atoms with E-state index in [1.807, 2.05) is 0 Å². The highest BCUT2D eigenvalue weighted by Crippen LogP contribution is 2.32. The molecule has 0 saturated heterocycles. The number of halogens is 2. The van der Waals surface area contributed by atoms with E-state index in [0.29, 0.717) is 15.8 Å². The first-order chi connectivity index (χ1) is 12.0. The Bertz CT molecular complexity index is 746. The first kappa shape index (κ1) is 18.9. The molecule has 0 saturated carbocycles. The number of benzene rings is 2. The summed E-state index contributed by atoms with van der Waals surface area (Å²) in [4.78, 5) is 22.9. The number of primary amides is 1. The Morgan fingerprint density at radius 1 is 0.920 bits per heavy atom. The van der Waals surface area contributed by atoms with Crippen LogP contribution in [0.3, 0.4) is 0 Å². The standard InChI is InChI=1S/C17H15Cl2NO5/c18-12-5-3-6-13(19)16(12)23-8-9-24-17(22)11-4-1-2-7-14(11)25-10-15(20)21/h1-7H,8-10H2,(H2,20,21). The van der Waals surface area contributed by atoms with E-state index in [1.165, 1.54) is 6.07 Å². The number of esters is 1. The van der Waals surface area contributed by atoms with Gasteiger partial charge >= 0.3 is 5.97 Å².